The van der Waals surface area contributed by atoms with Crippen LogP contribution in [0.2, 0.25) is 0 Å². The van der Waals surface area contributed by atoms with E-state index >= 15 is 0 Å². The van der Waals surface area contributed by atoms with E-state index in [-0.39, 0.29) is 0 Å². The fourth-order valence-electron chi connectivity index (χ4n) is 1.40. The number of carboxylic acid groups (broad SMARTS) is 1. The van der Waals surface area contributed by atoms with Gasteiger partial charge in [0, 0.05) is 0 Å². The van der Waals surface area contributed by atoms with Gasteiger partial charge >= 0.3 is 5.97 Å². The second-order valence-electron chi connectivity index (χ2n) is 3.02. The van der Waals surface area contributed by atoms with Gasteiger partial charge in [-0.2, -0.15) is 0 Å². The number of aliphatic carboxylic acids is 1. The molecule has 0 spiro atoms. The van der Waals surface area contributed by atoms with E-state index < -0.39 is 11.5 Å². The van der Waals surface area contributed by atoms with Crippen molar-refractivity contribution in [2.75, 3.05) is 0 Å². The van der Waals surface area contributed by atoms with Gasteiger partial charge in [-0.3, -0.25) is 4.79 Å². The Morgan fingerprint density at radius 2 is 1.80 bits per heavy atom. The van der Waals surface area contributed by atoms with E-state index in [1.54, 1.807) is 0 Å². The molecule has 58 valence electrons. The highest BCUT2D eigenvalue weighted by Gasteiger charge is 2.34. The van der Waals surface area contributed by atoms with Crippen molar-refractivity contribution in [1.29, 1.82) is 0 Å². The lowest BCUT2D eigenvalue weighted by atomic mass is 9.90. The summed E-state index contributed by atoms with van der Waals surface area (Å²) in [5.74, 6) is -0.841. The molecule has 0 heterocycles. The molecule has 0 aromatic heterocycles. The van der Waals surface area contributed by atoms with E-state index in [2.05, 4.69) is 0 Å². The Bertz CT molecular complexity index is 139. The van der Waals surface area contributed by atoms with E-state index in [1.807, 2.05) is 0 Å². The van der Waals surface area contributed by atoms with Crippen molar-refractivity contribution in [3.63, 3.8) is 0 Å². The molecule has 1 saturated carbocycles. The molecule has 3 N–H and O–H groups in total. The molecule has 0 atom stereocenters. The second kappa shape index (κ2) is 2.58. The van der Waals surface area contributed by atoms with Crippen LogP contribution in [0.3, 0.4) is 0 Å². The number of rotatable bonds is 1. The topological polar surface area (TPSA) is 63.3 Å². The molecule has 0 amide bonds. The summed E-state index contributed by atoms with van der Waals surface area (Å²) in [6.45, 7) is 0. The van der Waals surface area contributed by atoms with E-state index in [1.165, 1.54) is 0 Å². The third-order valence-electron chi connectivity index (χ3n) is 2.17. The lowest BCUT2D eigenvalue weighted by Gasteiger charge is -2.28. The summed E-state index contributed by atoms with van der Waals surface area (Å²) in [6.07, 6.45) is 4.34. The zero-order chi connectivity index (χ0) is 7.61. The minimum absolute atomic E-state index is 0.641. The minimum Gasteiger partial charge on any atom is -0.480 e. The van der Waals surface area contributed by atoms with Gasteiger partial charge in [0.25, 0.3) is 0 Å². The highest BCUT2D eigenvalue weighted by atomic mass is 16.6. The van der Waals surface area contributed by atoms with Crippen LogP contribution in [0.15, 0.2) is 0 Å². The summed E-state index contributed by atoms with van der Waals surface area (Å²) in [6, 6.07) is 0. The average Bonchev–Trinajstić information content (AvgIpc) is 1.89. The first-order valence-corrected chi connectivity index (χ1v) is 3.67. The lowest BCUT2D eigenvalue weighted by Crippen LogP contribution is -2.49. The molecule has 1 aliphatic rings. The van der Waals surface area contributed by atoms with Crippen LogP contribution in [-0.4, -0.2) is 16.6 Å². The number of carbonyl (C=O) groups is 1. The normalized spacial score (nSPS) is 24.1. The highest BCUT2D eigenvalue weighted by molar-refractivity contribution is 5.78. The fraction of sp³-hybridized carbons (Fsp3) is 0.857. The predicted octanol–water partition coefficient (Wildman–Crippen LogP) is 0.733. The monoisotopic (exact) mass is 145 g/mol. The Labute approximate surface area is 60.2 Å². The summed E-state index contributed by atoms with van der Waals surface area (Å²) >= 11 is 0. The Kier molecular flexibility index (Phi) is 1.94. The van der Waals surface area contributed by atoms with Crippen molar-refractivity contribution < 1.29 is 9.90 Å². The van der Waals surface area contributed by atoms with Crippen LogP contribution in [0.4, 0.5) is 0 Å². The molecule has 0 aliphatic heterocycles. The van der Waals surface area contributed by atoms with Gasteiger partial charge in [0.15, 0.2) is 0 Å². The smallest absolute Gasteiger partial charge is 0.323 e. The van der Waals surface area contributed by atoms with Gasteiger partial charge in [-0.25, -0.2) is 0 Å². The van der Waals surface area contributed by atoms with Gasteiger partial charge in [0.1, 0.15) is 5.54 Å². The Balaban J connectivity index is 2.56. The van der Waals surface area contributed by atoms with Crippen molar-refractivity contribution in [2.24, 2.45) is 5.73 Å². The number of hydrogen-bond donors (Lipinski definition) is 2. The molecule has 0 bridgehead atoms. The van der Waals surface area contributed by atoms with Crippen molar-refractivity contribution in [1.82, 2.24) is 0 Å². The molecule has 0 radical (unpaired) electrons. The first-order chi connectivity index (χ1) is 4.65. The first-order valence-electron chi connectivity index (χ1n) is 3.67. The zero-order valence-corrected chi connectivity index (χ0v) is 5.97. The number of hydrogen-bond acceptors (Lipinski definition) is 2. The van der Waals surface area contributed by atoms with Crippen molar-refractivity contribution in [3.8, 4) is 0 Å². The maximum atomic E-state index is 10.6. The predicted molar refractivity (Wildman–Crippen MR) is 37.6 cm³/mol. The number of nitrogens with two attached hydrogens (primary N) is 1. The molecule has 3 nitrogen and oxygen atoms in total. The zero-order valence-electron chi connectivity index (χ0n) is 5.97. The van der Waals surface area contributed by atoms with Crippen molar-refractivity contribution >= 4 is 5.97 Å². The van der Waals surface area contributed by atoms with Gasteiger partial charge < -0.3 is 10.8 Å². The van der Waals surface area contributed by atoms with Gasteiger partial charge in [0.05, 0.1) is 0 Å². The maximum Gasteiger partial charge on any atom is 0.323 e. The Hall–Kier alpha value is -0.570. The molecular weight excluding hydrogens is 132 g/mol. The van der Waals surface area contributed by atoms with Gasteiger partial charge in [0.2, 0.25) is 0 Å². The molecule has 1 fully saturated rings. The SMILES string of the molecule is NC1([14C](=O)O)CCCCC1. The molecule has 1 rings (SSSR count). The van der Waals surface area contributed by atoms with Gasteiger partial charge in [-0.05, 0) is 12.8 Å². The van der Waals surface area contributed by atoms with E-state index in [0.29, 0.717) is 12.8 Å². The van der Waals surface area contributed by atoms with Gasteiger partial charge in [-0.15, -0.1) is 0 Å². The maximum absolute atomic E-state index is 10.6. The highest BCUT2D eigenvalue weighted by Crippen LogP contribution is 2.25. The van der Waals surface area contributed by atoms with Crippen LogP contribution in [0, 0.1) is 0 Å². The summed E-state index contributed by atoms with van der Waals surface area (Å²) in [7, 11) is 0. The van der Waals surface area contributed by atoms with Crippen molar-refractivity contribution in [3.05, 3.63) is 0 Å². The Morgan fingerprint density at radius 3 is 2.10 bits per heavy atom. The van der Waals surface area contributed by atoms with Crippen LogP contribution in [0.25, 0.3) is 0 Å². The van der Waals surface area contributed by atoms with Crippen molar-refractivity contribution in [2.45, 2.75) is 37.6 Å². The molecule has 0 saturated heterocycles. The quantitative estimate of drug-likeness (QED) is 0.571. The molecular formula is C7H13NO2. The average molecular weight is 145 g/mol. The van der Waals surface area contributed by atoms with Crippen LogP contribution in [-0.2, 0) is 4.79 Å². The van der Waals surface area contributed by atoms with Crippen LogP contribution >= 0.6 is 0 Å². The summed E-state index contributed by atoms with van der Waals surface area (Å²) in [5.41, 5.74) is 4.70. The van der Waals surface area contributed by atoms with E-state index in [9.17, 15) is 4.79 Å². The van der Waals surface area contributed by atoms with Gasteiger partial charge in [-0.1, -0.05) is 19.3 Å². The second-order valence-corrected chi connectivity index (χ2v) is 3.02. The summed E-state index contributed by atoms with van der Waals surface area (Å²) < 4.78 is 0. The summed E-state index contributed by atoms with van der Waals surface area (Å²) in [4.78, 5) is 10.6. The standard InChI is InChI=1S/C7H13NO2/c8-7(6(9)10)4-2-1-3-5-7/h1-5,8H2,(H,9,10)/i6+2. The molecule has 0 aromatic carbocycles. The number of carboxylic acids is 1. The summed E-state index contributed by atoms with van der Waals surface area (Å²) in [5, 5.41) is 8.67. The molecule has 0 aromatic rings. The van der Waals surface area contributed by atoms with Crippen LogP contribution in [0.1, 0.15) is 32.1 Å². The van der Waals surface area contributed by atoms with E-state index in [0.717, 1.165) is 19.3 Å². The van der Waals surface area contributed by atoms with E-state index in [4.69, 9.17) is 10.8 Å². The Morgan fingerprint density at radius 1 is 1.30 bits per heavy atom. The molecule has 0 unspecified atom stereocenters. The molecule has 3 heteroatoms. The third kappa shape index (κ3) is 1.29. The molecule has 1 aliphatic carbocycles. The van der Waals surface area contributed by atoms with Crippen LogP contribution in [0.5, 0.6) is 0 Å². The largest absolute Gasteiger partial charge is 0.480 e. The third-order valence-corrected chi connectivity index (χ3v) is 2.17. The van der Waals surface area contributed by atoms with Crippen LogP contribution < -0.4 is 5.73 Å². The first kappa shape index (κ1) is 7.54. The minimum atomic E-state index is -0.905. The lowest BCUT2D eigenvalue weighted by molar-refractivity contribution is -0.144. The fourth-order valence-corrected chi connectivity index (χ4v) is 1.40. The molecule has 10 heavy (non-hydrogen) atoms.